The fourth-order valence-electron chi connectivity index (χ4n) is 3.14. The summed E-state index contributed by atoms with van der Waals surface area (Å²) < 4.78 is 28.6. The van der Waals surface area contributed by atoms with Gasteiger partial charge in [0.1, 0.15) is 0 Å². The highest BCUT2D eigenvalue weighted by Crippen LogP contribution is 2.20. The molecule has 2 aliphatic rings. The van der Waals surface area contributed by atoms with E-state index >= 15 is 0 Å². The van der Waals surface area contributed by atoms with Crippen LogP contribution in [-0.4, -0.2) is 69.6 Å². The van der Waals surface area contributed by atoms with E-state index in [-0.39, 0.29) is 30.0 Å². The minimum Gasteiger partial charge on any atom is -0.378 e. The lowest BCUT2D eigenvalue weighted by Crippen LogP contribution is -2.41. The summed E-state index contributed by atoms with van der Waals surface area (Å²) in [5.41, 5.74) is 0. The third-order valence-electron chi connectivity index (χ3n) is 4.52. The van der Waals surface area contributed by atoms with Crippen LogP contribution in [0, 0.1) is 0 Å². The van der Waals surface area contributed by atoms with Crippen LogP contribution in [0.25, 0.3) is 0 Å². The number of amides is 1. The molecule has 7 heteroatoms. The van der Waals surface area contributed by atoms with Crippen LogP contribution in [0.2, 0.25) is 0 Å². The van der Waals surface area contributed by atoms with Gasteiger partial charge < -0.3 is 10.1 Å². The van der Waals surface area contributed by atoms with Crippen molar-refractivity contribution in [3.8, 4) is 0 Å². The quantitative estimate of drug-likeness (QED) is 0.658. The van der Waals surface area contributed by atoms with Gasteiger partial charge in [-0.2, -0.15) is 0 Å². The first-order valence-corrected chi connectivity index (χ1v) is 10.1. The van der Waals surface area contributed by atoms with Crippen molar-refractivity contribution in [1.82, 2.24) is 10.2 Å². The van der Waals surface area contributed by atoms with Gasteiger partial charge >= 0.3 is 0 Å². The van der Waals surface area contributed by atoms with Crippen LogP contribution in [0.1, 0.15) is 38.5 Å². The summed E-state index contributed by atoms with van der Waals surface area (Å²) in [6.45, 7) is 1.56. The van der Waals surface area contributed by atoms with E-state index in [1.54, 1.807) is 0 Å². The molecule has 0 unspecified atom stereocenters. The average molecular weight is 332 g/mol. The molecule has 0 aromatic rings. The minimum absolute atomic E-state index is 0.0264. The smallest absolute Gasteiger partial charge is 0.234 e. The van der Waals surface area contributed by atoms with Crippen molar-refractivity contribution in [3.05, 3.63) is 0 Å². The van der Waals surface area contributed by atoms with Gasteiger partial charge in [0.05, 0.1) is 24.2 Å². The number of carbonyl (C=O) groups is 1. The topological polar surface area (TPSA) is 75.7 Å². The highest BCUT2D eigenvalue weighted by Gasteiger charge is 2.31. The molecule has 0 bridgehead atoms. The van der Waals surface area contributed by atoms with Crippen molar-refractivity contribution in [2.45, 2.75) is 50.7 Å². The van der Waals surface area contributed by atoms with E-state index in [0.29, 0.717) is 25.7 Å². The van der Waals surface area contributed by atoms with Gasteiger partial charge in [0, 0.05) is 19.2 Å². The van der Waals surface area contributed by atoms with E-state index in [9.17, 15) is 13.2 Å². The maximum atomic E-state index is 11.8. The van der Waals surface area contributed by atoms with Crippen LogP contribution in [0.4, 0.5) is 0 Å². The Labute approximate surface area is 133 Å². The summed E-state index contributed by atoms with van der Waals surface area (Å²) in [7, 11) is -1.08. The van der Waals surface area contributed by atoms with Crippen LogP contribution < -0.4 is 5.32 Å². The van der Waals surface area contributed by atoms with Gasteiger partial charge in [0.2, 0.25) is 5.91 Å². The number of hydrogen-bond acceptors (Lipinski definition) is 5. The molecule has 2 rings (SSSR count). The van der Waals surface area contributed by atoms with E-state index in [1.165, 1.54) is 25.7 Å². The van der Waals surface area contributed by atoms with E-state index in [0.717, 1.165) is 6.42 Å². The highest BCUT2D eigenvalue weighted by molar-refractivity contribution is 7.91. The minimum atomic E-state index is -2.90. The molecule has 1 saturated heterocycles. The standard InChI is InChI=1S/C15H28N2O4S/c1-17(13-7-10-22(19,20)12-13)11-15(18)16-8-4-9-21-14-5-2-3-6-14/h13-14H,2-12H2,1H3,(H,16,18)/t13-/m1/s1. The average Bonchev–Trinajstić information content (AvgIpc) is 3.07. The molecule has 1 amide bonds. The fourth-order valence-corrected chi connectivity index (χ4v) is 4.94. The van der Waals surface area contributed by atoms with Gasteiger partial charge in [0.15, 0.2) is 9.84 Å². The summed E-state index contributed by atoms with van der Waals surface area (Å²) in [6, 6.07) is -0.0264. The predicted octanol–water partition coefficient (Wildman–Crippen LogP) is 0.571. The number of sulfone groups is 1. The number of rotatable bonds is 8. The van der Waals surface area contributed by atoms with Gasteiger partial charge in [-0.1, -0.05) is 12.8 Å². The molecule has 128 valence electrons. The number of likely N-dealkylation sites (N-methyl/N-ethyl adjacent to an activating group) is 1. The van der Waals surface area contributed by atoms with Gasteiger partial charge in [0.25, 0.3) is 0 Å². The Morgan fingerprint density at radius 1 is 1.27 bits per heavy atom. The lowest BCUT2D eigenvalue weighted by molar-refractivity contribution is -0.122. The Morgan fingerprint density at radius 2 is 2.00 bits per heavy atom. The highest BCUT2D eigenvalue weighted by atomic mass is 32.2. The van der Waals surface area contributed by atoms with Crippen LogP contribution >= 0.6 is 0 Å². The Morgan fingerprint density at radius 3 is 2.64 bits per heavy atom. The van der Waals surface area contributed by atoms with E-state index < -0.39 is 9.84 Å². The first-order valence-electron chi connectivity index (χ1n) is 8.25. The molecule has 0 spiro atoms. The molecule has 2 fully saturated rings. The predicted molar refractivity (Wildman–Crippen MR) is 85.5 cm³/mol. The molecule has 6 nitrogen and oxygen atoms in total. The van der Waals surface area contributed by atoms with E-state index in [1.807, 2.05) is 11.9 Å². The maximum absolute atomic E-state index is 11.8. The number of nitrogens with one attached hydrogen (secondary N) is 1. The second kappa shape index (κ2) is 8.26. The third-order valence-corrected chi connectivity index (χ3v) is 6.27. The third kappa shape index (κ3) is 5.85. The summed E-state index contributed by atoms with van der Waals surface area (Å²) in [6.07, 6.45) is 6.75. The van der Waals surface area contributed by atoms with E-state index in [2.05, 4.69) is 5.32 Å². The van der Waals surface area contributed by atoms with Crippen LogP contribution in [0.15, 0.2) is 0 Å². The molecule has 1 heterocycles. The summed E-state index contributed by atoms with van der Waals surface area (Å²) in [5.74, 6) is 0.362. The zero-order chi connectivity index (χ0) is 16.0. The second-order valence-electron chi connectivity index (χ2n) is 6.45. The largest absolute Gasteiger partial charge is 0.378 e. The molecule has 0 radical (unpaired) electrons. The van der Waals surface area contributed by atoms with Crippen molar-refractivity contribution in [2.24, 2.45) is 0 Å². The molecule has 1 aliphatic heterocycles. The molecule has 0 aromatic heterocycles. The zero-order valence-corrected chi connectivity index (χ0v) is 14.2. The Balaban J connectivity index is 1.53. The summed E-state index contributed by atoms with van der Waals surface area (Å²) in [4.78, 5) is 13.7. The van der Waals surface area contributed by atoms with Crippen molar-refractivity contribution in [1.29, 1.82) is 0 Å². The van der Waals surface area contributed by atoms with Gasteiger partial charge in [-0.3, -0.25) is 9.69 Å². The Kier molecular flexibility index (Phi) is 6.65. The molecular weight excluding hydrogens is 304 g/mol. The van der Waals surface area contributed by atoms with Gasteiger partial charge in [-0.15, -0.1) is 0 Å². The molecule has 1 N–H and O–H groups in total. The van der Waals surface area contributed by atoms with Crippen LogP contribution in [0.3, 0.4) is 0 Å². The van der Waals surface area contributed by atoms with Crippen molar-refractivity contribution >= 4 is 15.7 Å². The number of carbonyl (C=O) groups excluding carboxylic acids is 1. The normalized spacial score (nSPS) is 24.9. The first kappa shape index (κ1) is 17.7. The number of hydrogen-bond donors (Lipinski definition) is 1. The van der Waals surface area contributed by atoms with Crippen molar-refractivity contribution < 1.29 is 17.9 Å². The fraction of sp³-hybridized carbons (Fsp3) is 0.933. The molecule has 1 atom stereocenters. The Bertz CT molecular complexity index is 460. The summed E-state index contributed by atoms with van der Waals surface area (Å²) in [5, 5.41) is 2.87. The van der Waals surface area contributed by atoms with Crippen LogP contribution in [0.5, 0.6) is 0 Å². The summed E-state index contributed by atoms with van der Waals surface area (Å²) >= 11 is 0. The molecule has 1 aliphatic carbocycles. The second-order valence-corrected chi connectivity index (χ2v) is 8.68. The molecule has 0 aromatic carbocycles. The molecular formula is C15H28N2O4S. The number of ether oxygens (including phenoxy) is 1. The molecule has 1 saturated carbocycles. The van der Waals surface area contributed by atoms with Gasteiger partial charge in [-0.05, 0) is 32.7 Å². The Hall–Kier alpha value is -0.660. The van der Waals surface area contributed by atoms with Crippen molar-refractivity contribution in [3.63, 3.8) is 0 Å². The number of nitrogens with zero attached hydrogens (tertiary/aromatic N) is 1. The monoisotopic (exact) mass is 332 g/mol. The molecule has 22 heavy (non-hydrogen) atoms. The lowest BCUT2D eigenvalue weighted by Gasteiger charge is -2.22. The van der Waals surface area contributed by atoms with E-state index in [4.69, 9.17) is 4.74 Å². The van der Waals surface area contributed by atoms with Crippen LogP contribution in [-0.2, 0) is 19.4 Å². The SMILES string of the molecule is CN(CC(=O)NCCCOC1CCCC1)[C@@H]1CCS(=O)(=O)C1. The van der Waals surface area contributed by atoms with Crippen molar-refractivity contribution in [2.75, 3.05) is 38.2 Å². The lowest BCUT2D eigenvalue weighted by atomic mass is 10.2. The zero-order valence-electron chi connectivity index (χ0n) is 13.4. The maximum Gasteiger partial charge on any atom is 0.234 e. The first-order chi connectivity index (χ1) is 10.5. The van der Waals surface area contributed by atoms with Gasteiger partial charge in [-0.25, -0.2) is 8.42 Å².